The van der Waals surface area contributed by atoms with E-state index in [0.29, 0.717) is 28.8 Å². The van der Waals surface area contributed by atoms with E-state index in [1.165, 1.54) is 12.5 Å². The average Bonchev–Trinajstić information content (AvgIpc) is 3.59. The number of guanidine groups is 1. The predicted molar refractivity (Wildman–Crippen MR) is 194 cm³/mol. The zero-order chi connectivity index (χ0) is 37.1. The highest BCUT2D eigenvalue weighted by molar-refractivity contribution is 5.95. The maximum Gasteiger partial charge on any atom is 0.243 e. The van der Waals surface area contributed by atoms with Crippen LogP contribution in [0.1, 0.15) is 40.8 Å². The van der Waals surface area contributed by atoms with Crippen LogP contribution < -0.4 is 38.9 Å². The van der Waals surface area contributed by atoms with E-state index in [1.54, 1.807) is 26.0 Å². The Labute approximate surface area is 295 Å². The minimum atomic E-state index is -1.20. The molecule has 0 saturated carbocycles. The molecule has 4 atom stereocenters. The summed E-state index contributed by atoms with van der Waals surface area (Å²) in [6.07, 6.45) is 3.75. The number of nitrogens with one attached hydrogen (secondary N) is 4. The minimum absolute atomic E-state index is 0.0126. The van der Waals surface area contributed by atoms with Crippen LogP contribution in [0.3, 0.4) is 0 Å². The van der Waals surface area contributed by atoms with E-state index in [0.717, 1.165) is 16.3 Å². The Morgan fingerprint density at radius 2 is 1.45 bits per heavy atom. The largest absolute Gasteiger partial charge is 0.508 e. The number of nitrogens with two attached hydrogens (primary N) is 4. The third-order valence-corrected chi connectivity index (χ3v) is 8.55. The van der Waals surface area contributed by atoms with Gasteiger partial charge in [-0.2, -0.15) is 0 Å². The number of hydrogen-bond donors (Lipinski definition) is 9. The molecule has 4 aromatic rings. The van der Waals surface area contributed by atoms with Crippen molar-refractivity contribution in [1.82, 2.24) is 25.9 Å². The molecule has 0 radical (unpaired) electrons. The van der Waals surface area contributed by atoms with E-state index in [4.69, 9.17) is 22.9 Å². The third kappa shape index (κ3) is 11.0. The molecule has 0 aliphatic heterocycles. The first-order chi connectivity index (χ1) is 24.3. The minimum Gasteiger partial charge on any atom is -0.508 e. The molecule has 51 heavy (non-hydrogen) atoms. The van der Waals surface area contributed by atoms with E-state index < -0.39 is 47.8 Å². The molecule has 1 heterocycles. The number of fused-ring (bicyclic) bond motifs is 1. The second-order valence-corrected chi connectivity index (χ2v) is 12.6. The van der Waals surface area contributed by atoms with E-state index in [-0.39, 0.29) is 43.9 Å². The van der Waals surface area contributed by atoms with Crippen molar-refractivity contribution in [3.05, 3.63) is 95.1 Å². The molecular weight excluding hydrogens is 652 g/mol. The number of aromatic nitrogens is 2. The number of hydrogen-bond acceptors (Lipinski definition) is 8. The highest BCUT2D eigenvalue weighted by atomic mass is 16.3. The Morgan fingerprint density at radius 3 is 2.08 bits per heavy atom. The van der Waals surface area contributed by atoms with Gasteiger partial charge >= 0.3 is 0 Å². The van der Waals surface area contributed by atoms with Crippen LogP contribution in [0.2, 0.25) is 0 Å². The highest BCUT2D eigenvalue weighted by Gasteiger charge is 2.31. The summed E-state index contributed by atoms with van der Waals surface area (Å²) in [4.78, 5) is 64.6. The summed E-state index contributed by atoms with van der Waals surface area (Å²) in [5.74, 6) is -2.69. The number of amides is 4. The zero-order valence-corrected chi connectivity index (χ0v) is 28.7. The summed E-state index contributed by atoms with van der Waals surface area (Å²) >= 11 is 0. The maximum absolute atomic E-state index is 14.1. The Kier molecular flexibility index (Phi) is 13.1. The number of aromatic amines is 1. The van der Waals surface area contributed by atoms with Gasteiger partial charge in [0.05, 0.1) is 12.4 Å². The van der Waals surface area contributed by atoms with Gasteiger partial charge in [-0.05, 0) is 71.8 Å². The fourth-order valence-corrected chi connectivity index (χ4v) is 5.83. The normalized spacial score (nSPS) is 13.4. The number of benzene rings is 3. The second-order valence-electron chi connectivity index (χ2n) is 12.6. The van der Waals surface area contributed by atoms with Gasteiger partial charge in [0.25, 0.3) is 0 Å². The van der Waals surface area contributed by atoms with Gasteiger partial charge < -0.3 is 49.0 Å². The van der Waals surface area contributed by atoms with E-state index in [1.807, 2.05) is 42.5 Å². The SMILES string of the molecule is Cc1cc(O)cc(C)c1C[C@H](NC(=O)[C@H](N)CCCN=C(N)N)C(=O)N[C@@H](Cc1cnc[nH]1)C(=O)N[C@@H](Cc1ccc2ccccc2c1)C(N)=O. The van der Waals surface area contributed by atoms with Crippen molar-refractivity contribution in [2.45, 2.75) is 70.1 Å². The number of imidazole rings is 1. The highest BCUT2D eigenvalue weighted by Crippen LogP contribution is 2.22. The molecule has 13 N–H and O–H groups in total. The maximum atomic E-state index is 14.1. The quantitative estimate of drug-likeness (QED) is 0.0414. The summed E-state index contributed by atoms with van der Waals surface area (Å²) in [7, 11) is 0. The van der Waals surface area contributed by atoms with E-state index >= 15 is 0 Å². The van der Waals surface area contributed by atoms with Crippen molar-refractivity contribution in [2.24, 2.45) is 27.9 Å². The zero-order valence-electron chi connectivity index (χ0n) is 28.7. The smallest absolute Gasteiger partial charge is 0.243 e. The lowest BCUT2D eigenvalue weighted by molar-refractivity contribution is -0.133. The van der Waals surface area contributed by atoms with Crippen LogP contribution >= 0.6 is 0 Å². The molecule has 0 aliphatic rings. The number of carbonyl (C=O) groups excluding carboxylic acids is 4. The Balaban J connectivity index is 1.56. The fraction of sp³-hybridized carbons (Fsp3) is 0.333. The van der Waals surface area contributed by atoms with Crippen molar-refractivity contribution in [3.8, 4) is 5.75 Å². The number of aliphatic imine (C=N–C) groups is 1. The number of nitrogens with zero attached hydrogens (tertiary/aromatic N) is 2. The van der Waals surface area contributed by atoms with Crippen LogP contribution in [0.4, 0.5) is 0 Å². The van der Waals surface area contributed by atoms with Gasteiger partial charge in [0, 0.05) is 37.7 Å². The van der Waals surface area contributed by atoms with Crippen molar-refractivity contribution in [3.63, 3.8) is 0 Å². The molecule has 15 heteroatoms. The van der Waals surface area contributed by atoms with Gasteiger partial charge in [0.15, 0.2) is 5.96 Å². The fourth-order valence-electron chi connectivity index (χ4n) is 5.83. The van der Waals surface area contributed by atoms with Crippen LogP contribution in [0.5, 0.6) is 5.75 Å². The first-order valence-electron chi connectivity index (χ1n) is 16.6. The summed E-state index contributed by atoms with van der Waals surface area (Å²) < 4.78 is 0. The molecule has 4 rings (SSSR count). The third-order valence-electron chi connectivity index (χ3n) is 8.55. The van der Waals surface area contributed by atoms with Crippen molar-refractivity contribution in [1.29, 1.82) is 0 Å². The molecule has 0 bridgehead atoms. The number of H-pyrrole nitrogens is 1. The number of primary amides is 1. The van der Waals surface area contributed by atoms with Gasteiger partial charge in [-0.15, -0.1) is 0 Å². The molecule has 0 unspecified atom stereocenters. The van der Waals surface area contributed by atoms with E-state index in [2.05, 4.69) is 30.9 Å². The van der Waals surface area contributed by atoms with Gasteiger partial charge in [0.2, 0.25) is 23.6 Å². The molecule has 3 aromatic carbocycles. The monoisotopic (exact) mass is 698 g/mol. The molecule has 1 aromatic heterocycles. The lowest BCUT2D eigenvalue weighted by atomic mass is 9.95. The summed E-state index contributed by atoms with van der Waals surface area (Å²) in [6.45, 7) is 3.83. The van der Waals surface area contributed by atoms with Crippen LogP contribution in [0.15, 0.2) is 72.1 Å². The van der Waals surface area contributed by atoms with Crippen molar-refractivity contribution in [2.75, 3.05) is 6.54 Å². The van der Waals surface area contributed by atoms with Crippen LogP contribution in [0, 0.1) is 13.8 Å². The summed E-state index contributed by atoms with van der Waals surface area (Å²) in [6, 6.07) is 12.1. The van der Waals surface area contributed by atoms with Gasteiger partial charge in [-0.25, -0.2) is 4.98 Å². The topological polar surface area (TPSA) is 270 Å². The Bertz CT molecular complexity index is 1850. The second kappa shape index (κ2) is 17.6. The van der Waals surface area contributed by atoms with Gasteiger partial charge in [-0.3, -0.25) is 24.2 Å². The van der Waals surface area contributed by atoms with Crippen LogP contribution in [-0.4, -0.2) is 75.4 Å². The molecule has 270 valence electrons. The number of rotatable bonds is 17. The average molecular weight is 699 g/mol. The number of phenolic OH excluding ortho intramolecular Hbond substituents is 1. The Morgan fingerprint density at radius 1 is 0.824 bits per heavy atom. The first-order valence-corrected chi connectivity index (χ1v) is 16.6. The van der Waals surface area contributed by atoms with Crippen molar-refractivity contribution < 1.29 is 24.3 Å². The number of carbonyl (C=O) groups is 4. The number of aryl methyl sites for hydroxylation is 2. The molecule has 0 saturated heterocycles. The lowest BCUT2D eigenvalue weighted by Crippen LogP contribution is -2.58. The van der Waals surface area contributed by atoms with Crippen LogP contribution in [0.25, 0.3) is 10.8 Å². The molecule has 0 aliphatic carbocycles. The molecule has 0 fully saturated rings. The number of aromatic hydroxyl groups is 1. The van der Waals surface area contributed by atoms with Gasteiger partial charge in [0.1, 0.15) is 23.9 Å². The molecule has 15 nitrogen and oxygen atoms in total. The Hall–Kier alpha value is -5.96. The van der Waals surface area contributed by atoms with Crippen molar-refractivity contribution >= 4 is 40.4 Å². The predicted octanol–water partition coefficient (Wildman–Crippen LogP) is 0.234. The number of phenols is 1. The van der Waals surface area contributed by atoms with Crippen LogP contribution in [-0.2, 0) is 38.4 Å². The molecule has 0 spiro atoms. The van der Waals surface area contributed by atoms with E-state index in [9.17, 15) is 24.3 Å². The van der Waals surface area contributed by atoms with Gasteiger partial charge in [-0.1, -0.05) is 42.5 Å². The lowest BCUT2D eigenvalue weighted by Gasteiger charge is -2.26. The summed E-state index contributed by atoms with van der Waals surface area (Å²) in [5.41, 5.74) is 26.1. The first kappa shape index (κ1) is 37.9. The summed E-state index contributed by atoms with van der Waals surface area (Å²) in [5, 5.41) is 20.3. The molecular formula is C36H46N10O5. The molecule has 4 amide bonds. The standard InChI is InChI=1S/C36H46N10O5/c1-20-12-26(47)13-21(2)27(20)17-31(45-33(49)28(37)8-5-11-42-36(39)40)35(51)46-30(16-25-18-41-19-43-25)34(50)44-29(32(38)48)15-22-9-10-23-6-3-4-7-24(23)14-22/h3-4,6-7,9-10,12-14,18-19,28-31,47H,5,8,11,15-17,37H2,1-2H3,(H2,38,48)(H,41,43)(H,44,50)(H,45,49)(H,46,51)(H4,39,40,42)/t28-,29+,30+,31+/m1/s1.